The third-order valence-corrected chi connectivity index (χ3v) is 7.69. The van der Waals surface area contributed by atoms with Gasteiger partial charge in [-0.15, -0.1) is 0 Å². The molecular formula is C31H43NO. The molecule has 2 heteroatoms. The molecule has 2 aliphatic carbocycles. The fourth-order valence-electron chi connectivity index (χ4n) is 5.23. The van der Waals surface area contributed by atoms with Crippen LogP contribution >= 0.6 is 0 Å². The molecule has 0 radical (unpaired) electrons. The minimum absolute atomic E-state index is 0.154. The van der Waals surface area contributed by atoms with Crippen LogP contribution < -0.4 is 0 Å². The highest BCUT2D eigenvalue weighted by Gasteiger charge is 2.38. The van der Waals surface area contributed by atoms with E-state index in [1.807, 2.05) is 0 Å². The first-order chi connectivity index (χ1) is 15.8. The van der Waals surface area contributed by atoms with Gasteiger partial charge in [0.25, 0.3) is 0 Å². The minimum atomic E-state index is -0.609. The number of allylic oxidation sites excluding steroid dienone is 5. The van der Waals surface area contributed by atoms with E-state index in [2.05, 4.69) is 77.1 Å². The number of aryl methyl sites for hydroxylation is 1. The van der Waals surface area contributed by atoms with Crippen molar-refractivity contribution in [1.82, 2.24) is 0 Å². The van der Waals surface area contributed by atoms with E-state index in [9.17, 15) is 5.11 Å². The molecule has 0 saturated carbocycles. The van der Waals surface area contributed by atoms with Crippen LogP contribution in [-0.4, -0.2) is 16.9 Å². The third kappa shape index (κ3) is 5.84. The Morgan fingerprint density at radius 1 is 1.06 bits per heavy atom. The van der Waals surface area contributed by atoms with E-state index in [1.54, 1.807) is 0 Å². The Bertz CT molecular complexity index is 986. The topological polar surface area (TPSA) is 44.1 Å². The Labute approximate surface area is 201 Å². The summed E-state index contributed by atoms with van der Waals surface area (Å²) in [7, 11) is 0. The largest absolute Gasteiger partial charge is 0.384 e. The number of benzene rings is 1. The van der Waals surface area contributed by atoms with Gasteiger partial charge in [0, 0.05) is 11.1 Å². The van der Waals surface area contributed by atoms with E-state index in [-0.39, 0.29) is 5.41 Å². The molecule has 0 spiro atoms. The number of nitrogens with one attached hydrogen (secondary N) is 1. The fourth-order valence-corrected chi connectivity index (χ4v) is 5.23. The van der Waals surface area contributed by atoms with Gasteiger partial charge in [-0.25, -0.2) is 0 Å². The van der Waals surface area contributed by atoms with E-state index in [4.69, 9.17) is 5.41 Å². The van der Waals surface area contributed by atoms with Crippen molar-refractivity contribution in [1.29, 1.82) is 5.41 Å². The lowest BCUT2D eigenvalue weighted by atomic mass is 9.66. The molecule has 178 valence electrons. The molecule has 0 heterocycles. The van der Waals surface area contributed by atoms with E-state index in [0.29, 0.717) is 0 Å². The smallest absolute Gasteiger partial charge is 0.105 e. The number of rotatable bonds is 10. The molecule has 0 fully saturated rings. The molecular weight excluding hydrogens is 402 g/mol. The van der Waals surface area contributed by atoms with Crippen LogP contribution in [0.25, 0.3) is 5.57 Å². The van der Waals surface area contributed by atoms with Crippen LogP contribution in [0.4, 0.5) is 0 Å². The maximum Gasteiger partial charge on any atom is 0.105 e. The van der Waals surface area contributed by atoms with Gasteiger partial charge in [0.05, 0.1) is 0 Å². The quantitative estimate of drug-likeness (QED) is 0.275. The van der Waals surface area contributed by atoms with Crippen molar-refractivity contribution in [3.05, 3.63) is 75.9 Å². The maximum atomic E-state index is 11.5. The van der Waals surface area contributed by atoms with Crippen molar-refractivity contribution in [3.63, 3.8) is 0 Å². The highest BCUT2D eigenvalue weighted by molar-refractivity contribution is 5.82. The Morgan fingerprint density at radius 2 is 1.79 bits per heavy atom. The molecule has 0 saturated heterocycles. The average molecular weight is 446 g/mol. The van der Waals surface area contributed by atoms with Crippen molar-refractivity contribution in [2.75, 3.05) is 0 Å². The van der Waals surface area contributed by atoms with E-state index >= 15 is 0 Å². The minimum Gasteiger partial charge on any atom is -0.384 e. The summed E-state index contributed by atoms with van der Waals surface area (Å²) in [6.07, 6.45) is 16.0. The lowest BCUT2D eigenvalue weighted by molar-refractivity contribution is 0.261. The summed E-state index contributed by atoms with van der Waals surface area (Å²) in [6.45, 7) is 11.1. The second kappa shape index (κ2) is 11.3. The van der Waals surface area contributed by atoms with Crippen LogP contribution in [-0.2, 0) is 0 Å². The van der Waals surface area contributed by atoms with Crippen molar-refractivity contribution in [2.45, 2.75) is 98.5 Å². The number of aliphatic hydroxyl groups excluding tert-OH is 1. The van der Waals surface area contributed by atoms with Gasteiger partial charge in [0.15, 0.2) is 0 Å². The van der Waals surface area contributed by atoms with Gasteiger partial charge >= 0.3 is 0 Å². The molecule has 0 amide bonds. The first kappa shape index (κ1) is 25.4. The lowest BCUT2D eigenvalue weighted by Crippen LogP contribution is -2.30. The number of aliphatic hydroxyl groups is 1. The van der Waals surface area contributed by atoms with Crippen LogP contribution in [0.3, 0.4) is 0 Å². The van der Waals surface area contributed by atoms with Gasteiger partial charge < -0.3 is 10.5 Å². The summed E-state index contributed by atoms with van der Waals surface area (Å²) < 4.78 is 0. The molecule has 3 rings (SSSR count). The SMILES string of the molecule is CCCCCCCC(=N)CCC1=CC2=C(C=CC1)[C@@H](O)C(c1ccccc1C)=C(C)C2(C)C. The first-order valence-electron chi connectivity index (χ1n) is 12.9. The fraction of sp³-hybridized carbons (Fsp3) is 0.516. The maximum absolute atomic E-state index is 11.5. The summed E-state index contributed by atoms with van der Waals surface area (Å²) in [5.74, 6) is 0. The van der Waals surface area contributed by atoms with Crippen molar-refractivity contribution in [2.24, 2.45) is 5.41 Å². The van der Waals surface area contributed by atoms with Crippen LogP contribution in [0.1, 0.15) is 96.6 Å². The molecule has 0 aromatic heterocycles. The van der Waals surface area contributed by atoms with Crippen molar-refractivity contribution < 1.29 is 5.11 Å². The molecule has 0 unspecified atom stereocenters. The Hall–Kier alpha value is -2.19. The standard InChI is InChI=1S/C31H43NO/c1-6-7-8-9-10-16-25(32)20-19-24-15-13-18-27-28(21-24)31(4,5)23(3)29(30(27)33)26-17-12-11-14-22(26)2/h11-14,17-18,21,30,32-33H,6-10,15-16,19-20H2,1-5H3/t30-/m1/s1. The average Bonchev–Trinajstić information content (AvgIpc) is 3.01. The summed E-state index contributed by atoms with van der Waals surface area (Å²) in [5, 5.41) is 19.9. The van der Waals surface area contributed by atoms with Crippen LogP contribution in [0.15, 0.2) is 64.8 Å². The van der Waals surface area contributed by atoms with Crippen LogP contribution in [0.5, 0.6) is 0 Å². The summed E-state index contributed by atoms with van der Waals surface area (Å²) in [4.78, 5) is 0. The zero-order valence-electron chi connectivity index (χ0n) is 21.4. The predicted molar refractivity (Wildman–Crippen MR) is 143 cm³/mol. The highest BCUT2D eigenvalue weighted by Crippen LogP contribution is 2.49. The van der Waals surface area contributed by atoms with Crippen molar-refractivity contribution in [3.8, 4) is 0 Å². The zero-order chi connectivity index (χ0) is 24.0. The molecule has 1 atom stereocenters. The first-order valence-corrected chi connectivity index (χ1v) is 12.9. The van der Waals surface area contributed by atoms with Gasteiger partial charge in [-0.1, -0.05) is 100 Å². The molecule has 2 aliphatic rings. The van der Waals surface area contributed by atoms with E-state index < -0.39 is 6.10 Å². The summed E-state index contributed by atoms with van der Waals surface area (Å²) in [5.41, 5.74) is 9.03. The Kier molecular flexibility index (Phi) is 8.70. The van der Waals surface area contributed by atoms with Gasteiger partial charge in [-0.05, 0) is 73.8 Å². The van der Waals surface area contributed by atoms with Crippen LogP contribution in [0.2, 0.25) is 0 Å². The van der Waals surface area contributed by atoms with E-state index in [0.717, 1.165) is 54.5 Å². The number of hydrogen-bond acceptors (Lipinski definition) is 2. The summed E-state index contributed by atoms with van der Waals surface area (Å²) >= 11 is 0. The lowest BCUT2D eigenvalue weighted by Gasteiger charge is -2.39. The zero-order valence-corrected chi connectivity index (χ0v) is 21.4. The van der Waals surface area contributed by atoms with Gasteiger partial charge in [-0.2, -0.15) is 0 Å². The molecule has 0 aliphatic heterocycles. The van der Waals surface area contributed by atoms with E-state index in [1.165, 1.54) is 48.0 Å². The Morgan fingerprint density at radius 3 is 2.52 bits per heavy atom. The third-order valence-electron chi connectivity index (χ3n) is 7.69. The molecule has 1 aromatic rings. The Balaban J connectivity index is 1.78. The van der Waals surface area contributed by atoms with Crippen molar-refractivity contribution >= 4 is 11.3 Å². The second-order valence-corrected chi connectivity index (χ2v) is 10.4. The normalized spacial score (nSPS) is 19.9. The van der Waals surface area contributed by atoms with Gasteiger partial charge in [-0.3, -0.25) is 0 Å². The molecule has 2 N–H and O–H groups in total. The van der Waals surface area contributed by atoms with Gasteiger partial charge in [0.1, 0.15) is 6.10 Å². The molecule has 2 nitrogen and oxygen atoms in total. The predicted octanol–water partition coefficient (Wildman–Crippen LogP) is 8.51. The van der Waals surface area contributed by atoms with Crippen LogP contribution in [0, 0.1) is 17.7 Å². The molecule has 33 heavy (non-hydrogen) atoms. The highest BCUT2D eigenvalue weighted by atomic mass is 16.3. The second-order valence-electron chi connectivity index (χ2n) is 10.4. The number of unbranched alkanes of at least 4 members (excludes halogenated alkanes) is 4. The summed E-state index contributed by atoms with van der Waals surface area (Å²) in [6, 6.07) is 8.38. The number of hydrogen-bond donors (Lipinski definition) is 2. The molecule has 0 bridgehead atoms. The van der Waals surface area contributed by atoms with Gasteiger partial charge in [0.2, 0.25) is 0 Å². The molecule has 1 aromatic carbocycles. The monoisotopic (exact) mass is 445 g/mol.